The lowest BCUT2D eigenvalue weighted by atomic mass is 9.98. The smallest absolute Gasteiger partial charge is 0.266 e. The molecule has 0 atom stereocenters. The molecule has 1 aliphatic carbocycles. The fourth-order valence-corrected chi connectivity index (χ4v) is 1.97. The lowest BCUT2D eigenvalue weighted by Crippen LogP contribution is -2.16. The fourth-order valence-electron chi connectivity index (χ4n) is 1.97. The highest BCUT2D eigenvalue weighted by atomic mass is 16.1. The number of hydrogen-bond acceptors (Lipinski definition) is 2. The molecule has 2 rings (SSSR count). The molecule has 0 radical (unpaired) electrons. The Morgan fingerprint density at radius 2 is 2.25 bits per heavy atom. The first-order chi connectivity index (χ1) is 7.61. The van der Waals surface area contributed by atoms with Gasteiger partial charge in [-0.1, -0.05) is 13.8 Å². The minimum absolute atomic E-state index is 0.220. The topological polar surface area (TPSA) is 56.6 Å². The van der Waals surface area contributed by atoms with Gasteiger partial charge in [0.25, 0.3) is 5.56 Å². The van der Waals surface area contributed by atoms with Crippen molar-refractivity contribution in [3.05, 3.63) is 33.2 Å². The standard InChI is InChI=1S/C13H16N2O/c1-8(2)5-10-6-12(9-3-4-9)15-13(16)11(10)7-14/h6,8-9H,3-5H2,1-2H3,(H,15,16). The van der Waals surface area contributed by atoms with E-state index in [0.717, 1.165) is 30.5 Å². The van der Waals surface area contributed by atoms with Crippen LogP contribution >= 0.6 is 0 Å². The van der Waals surface area contributed by atoms with Crippen LogP contribution in [0.4, 0.5) is 0 Å². The van der Waals surface area contributed by atoms with E-state index in [1.807, 2.05) is 12.1 Å². The number of nitrogens with zero attached hydrogens (tertiary/aromatic N) is 1. The van der Waals surface area contributed by atoms with E-state index < -0.39 is 0 Å². The molecule has 1 aromatic heterocycles. The first-order valence-electron chi connectivity index (χ1n) is 5.78. The third-order valence-corrected chi connectivity index (χ3v) is 2.89. The van der Waals surface area contributed by atoms with Crippen LogP contribution in [0.15, 0.2) is 10.9 Å². The molecule has 3 heteroatoms. The van der Waals surface area contributed by atoms with Crippen molar-refractivity contribution in [2.45, 2.75) is 39.0 Å². The van der Waals surface area contributed by atoms with Crippen LogP contribution in [-0.4, -0.2) is 4.98 Å². The highest BCUT2D eigenvalue weighted by Crippen LogP contribution is 2.39. The maximum atomic E-state index is 11.7. The Morgan fingerprint density at radius 3 is 2.75 bits per heavy atom. The molecule has 0 saturated heterocycles. The van der Waals surface area contributed by atoms with Crippen molar-refractivity contribution in [3.8, 4) is 6.07 Å². The minimum Gasteiger partial charge on any atom is -0.325 e. The summed E-state index contributed by atoms with van der Waals surface area (Å²) < 4.78 is 0. The third kappa shape index (κ3) is 2.16. The van der Waals surface area contributed by atoms with Crippen LogP contribution < -0.4 is 5.56 Å². The summed E-state index contributed by atoms with van der Waals surface area (Å²) >= 11 is 0. The Morgan fingerprint density at radius 1 is 1.56 bits per heavy atom. The van der Waals surface area contributed by atoms with Crippen LogP contribution in [0.1, 0.15) is 49.4 Å². The average Bonchev–Trinajstić information content (AvgIpc) is 2.99. The van der Waals surface area contributed by atoms with Crippen molar-refractivity contribution < 1.29 is 0 Å². The average molecular weight is 216 g/mol. The van der Waals surface area contributed by atoms with Gasteiger partial charge in [0.15, 0.2) is 0 Å². The van der Waals surface area contributed by atoms with Gasteiger partial charge in [-0.3, -0.25) is 4.79 Å². The SMILES string of the molecule is CC(C)Cc1cc(C2CC2)[nH]c(=O)c1C#N. The minimum atomic E-state index is -0.220. The molecule has 1 heterocycles. The number of rotatable bonds is 3. The van der Waals surface area contributed by atoms with Gasteiger partial charge in [0.2, 0.25) is 0 Å². The van der Waals surface area contributed by atoms with Gasteiger partial charge in [-0.15, -0.1) is 0 Å². The Labute approximate surface area is 95.1 Å². The Kier molecular flexibility index (Phi) is 2.82. The molecular formula is C13H16N2O. The van der Waals surface area contributed by atoms with Gasteiger partial charge < -0.3 is 4.98 Å². The summed E-state index contributed by atoms with van der Waals surface area (Å²) in [5, 5.41) is 8.99. The van der Waals surface area contributed by atoms with E-state index in [1.54, 1.807) is 0 Å². The van der Waals surface area contributed by atoms with Crippen LogP contribution in [0.25, 0.3) is 0 Å². The van der Waals surface area contributed by atoms with Gasteiger partial charge in [0, 0.05) is 5.69 Å². The molecule has 84 valence electrons. The zero-order chi connectivity index (χ0) is 11.7. The van der Waals surface area contributed by atoms with E-state index >= 15 is 0 Å². The molecular weight excluding hydrogens is 200 g/mol. The van der Waals surface area contributed by atoms with Crippen LogP contribution in [0, 0.1) is 17.2 Å². The second-order valence-electron chi connectivity index (χ2n) is 4.94. The normalized spacial score (nSPS) is 15.1. The fraction of sp³-hybridized carbons (Fsp3) is 0.538. The second-order valence-corrected chi connectivity index (χ2v) is 4.94. The zero-order valence-electron chi connectivity index (χ0n) is 9.71. The Hall–Kier alpha value is -1.56. The number of nitrogens with one attached hydrogen (secondary N) is 1. The number of nitriles is 1. The molecule has 0 aromatic carbocycles. The van der Waals surface area contributed by atoms with E-state index in [4.69, 9.17) is 5.26 Å². The monoisotopic (exact) mass is 216 g/mol. The largest absolute Gasteiger partial charge is 0.325 e. The molecule has 3 nitrogen and oxygen atoms in total. The molecule has 0 unspecified atom stereocenters. The molecule has 1 saturated carbocycles. The first-order valence-corrected chi connectivity index (χ1v) is 5.78. The lowest BCUT2D eigenvalue weighted by molar-refractivity contribution is 0.644. The first kappa shape index (κ1) is 10.9. The van der Waals surface area contributed by atoms with Gasteiger partial charge in [0.05, 0.1) is 0 Å². The zero-order valence-corrected chi connectivity index (χ0v) is 9.71. The number of aromatic amines is 1. The van der Waals surface area contributed by atoms with E-state index in [2.05, 4.69) is 18.8 Å². The summed E-state index contributed by atoms with van der Waals surface area (Å²) in [5.74, 6) is 0.979. The molecule has 1 aromatic rings. The van der Waals surface area contributed by atoms with Crippen molar-refractivity contribution in [3.63, 3.8) is 0 Å². The van der Waals surface area contributed by atoms with Gasteiger partial charge in [0.1, 0.15) is 11.6 Å². The van der Waals surface area contributed by atoms with Crippen molar-refractivity contribution in [2.75, 3.05) is 0 Å². The summed E-state index contributed by atoms with van der Waals surface area (Å²) in [6.45, 7) is 4.19. The maximum absolute atomic E-state index is 11.7. The second kappa shape index (κ2) is 4.13. The highest BCUT2D eigenvalue weighted by molar-refractivity contribution is 5.38. The molecule has 0 bridgehead atoms. The Balaban J connectivity index is 2.46. The number of aromatic nitrogens is 1. The highest BCUT2D eigenvalue weighted by Gasteiger charge is 2.25. The van der Waals surface area contributed by atoms with Gasteiger partial charge in [-0.2, -0.15) is 5.26 Å². The summed E-state index contributed by atoms with van der Waals surface area (Å²) in [7, 11) is 0. The summed E-state index contributed by atoms with van der Waals surface area (Å²) in [6.07, 6.45) is 3.11. The number of H-pyrrole nitrogens is 1. The molecule has 1 N–H and O–H groups in total. The predicted molar refractivity (Wildman–Crippen MR) is 62.3 cm³/mol. The van der Waals surface area contributed by atoms with E-state index in [-0.39, 0.29) is 11.1 Å². The van der Waals surface area contributed by atoms with Crippen LogP contribution in [0.3, 0.4) is 0 Å². The number of pyridine rings is 1. The summed E-state index contributed by atoms with van der Waals surface area (Å²) in [6, 6.07) is 4.02. The van der Waals surface area contributed by atoms with Gasteiger partial charge in [-0.05, 0) is 42.7 Å². The van der Waals surface area contributed by atoms with E-state index in [0.29, 0.717) is 11.8 Å². The summed E-state index contributed by atoms with van der Waals surface area (Å²) in [5.41, 5.74) is 1.99. The van der Waals surface area contributed by atoms with Crippen LogP contribution in [-0.2, 0) is 6.42 Å². The van der Waals surface area contributed by atoms with Gasteiger partial charge in [-0.25, -0.2) is 0 Å². The molecule has 1 fully saturated rings. The van der Waals surface area contributed by atoms with Crippen molar-refractivity contribution in [2.24, 2.45) is 5.92 Å². The lowest BCUT2D eigenvalue weighted by Gasteiger charge is -2.08. The predicted octanol–water partition coefficient (Wildman–Crippen LogP) is 2.32. The van der Waals surface area contributed by atoms with Gasteiger partial charge >= 0.3 is 0 Å². The summed E-state index contributed by atoms with van der Waals surface area (Å²) in [4.78, 5) is 14.6. The Bertz CT molecular complexity index is 490. The molecule has 16 heavy (non-hydrogen) atoms. The molecule has 0 spiro atoms. The van der Waals surface area contributed by atoms with E-state index in [1.165, 1.54) is 0 Å². The third-order valence-electron chi connectivity index (χ3n) is 2.89. The van der Waals surface area contributed by atoms with E-state index in [9.17, 15) is 4.79 Å². The maximum Gasteiger partial charge on any atom is 0.266 e. The molecule has 0 aliphatic heterocycles. The van der Waals surface area contributed by atoms with Crippen molar-refractivity contribution in [1.29, 1.82) is 5.26 Å². The molecule has 0 amide bonds. The van der Waals surface area contributed by atoms with Crippen LogP contribution in [0.5, 0.6) is 0 Å². The van der Waals surface area contributed by atoms with Crippen molar-refractivity contribution in [1.82, 2.24) is 4.98 Å². The van der Waals surface area contributed by atoms with Crippen molar-refractivity contribution >= 4 is 0 Å². The number of hydrogen-bond donors (Lipinski definition) is 1. The molecule has 1 aliphatic rings. The quantitative estimate of drug-likeness (QED) is 0.843. The van der Waals surface area contributed by atoms with Crippen LogP contribution in [0.2, 0.25) is 0 Å².